The summed E-state index contributed by atoms with van der Waals surface area (Å²) >= 11 is 0. The van der Waals surface area contributed by atoms with Crippen molar-refractivity contribution in [3.63, 3.8) is 0 Å². The first-order chi connectivity index (χ1) is 9.24. The molecule has 0 radical (unpaired) electrons. The van der Waals surface area contributed by atoms with E-state index in [-0.39, 0.29) is 0 Å². The number of benzene rings is 1. The highest BCUT2D eigenvalue weighted by Crippen LogP contribution is 2.29. The van der Waals surface area contributed by atoms with E-state index in [0.29, 0.717) is 12.1 Å². The van der Waals surface area contributed by atoms with E-state index >= 15 is 0 Å². The maximum Gasteiger partial charge on any atom is 0.0400 e. The van der Waals surface area contributed by atoms with Gasteiger partial charge in [-0.1, -0.05) is 12.1 Å². The Kier molecular flexibility index (Phi) is 3.79. The zero-order valence-corrected chi connectivity index (χ0v) is 12.3. The summed E-state index contributed by atoms with van der Waals surface area (Å²) in [4.78, 5) is 2.58. The van der Waals surface area contributed by atoms with Crippen molar-refractivity contribution in [3.05, 3.63) is 29.3 Å². The summed E-state index contributed by atoms with van der Waals surface area (Å²) < 4.78 is 0. The molecule has 3 rings (SSSR count). The van der Waals surface area contributed by atoms with Crippen LogP contribution in [0.4, 0.5) is 5.69 Å². The van der Waals surface area contributed by atoms with E-state index in [1.54, 1.807) is 11.1 Å². The Balaban J connectivity index is 1.71. The lowest BCUT2D eigenvalue weighted by molar-refractivity contribution is 0.274. The normalized spacial score (nSPS) is 23.6. The summed E-state index contributed by atoms with van der Waals surface area (Å²) in [5.41, 5.74) is 4.58. The second-order valence-corrected chi connectivity index (χ2v) is 6.37. The van der Waals surface area contributed by atoms with Crippen LogP contribution in [0, 0.1) is 0 Å². The molecule has 1 heterocycles. The SMILES string of the molecule is CC(C)N1CCC(Nc2cccc3c2CCCC3)C1. The lowest BCUT2D eigenvalue weighted by atomic mass is 9.90. The van der Waals surface area contributed by atoms with E-state index < -0.39 is 0 Å². The molecule has 0 bridgehead atoms. The van der Waals surface area contributed by atoms with Gasteiger partial charge in [0.25, 0.3) is 0 Å². The summed E-state index contributed by atoms with van der Waals surface area (Å²) in [6.45, 7) is 7.03. The van der Waals surface area contributed by atoms with Gasteiger partial charge in [-0.15, -0.1) is 0 Å². The Morgan fingerprint density at radius 2 is 2.05 bits per heavy atom. The molecule has 2 aliphatic rings. The first-order valence-corrected chi connectivity index (χ1v) is 7.85. The zero-order chi connectivity index (χ0) is 13.2. The molecule has 1 aliphatic carbocycles. The molecule has 1 aromatic carbocycles. The van der Waals surface area contributed by atoms with E-state index in [0.717, 1.165) is 0 Å². The molecular weight excluding hydrogens is 232 g/mol. The molecule has 0 amide bonds. The third kappa shape index (κ3) is 2.79. The summed E-state index contributed by atoms with van der Waals surface area (Å²) in [6, 6.07) is 8.13. The Morgan fingerprint density at radius 3 is 2.84 bits per heavy atom. The number of hydrogen-bond acceptors (Lipinski definition) is 2. The molecule has 104 valence electrons. The van der Waals surface area contributed by atoms with Crippen molar-refractivity contribution in [1.82, 2.24) is 4.90 Å². The van der Waals surface area contributed by atoms with Crippen LogP contribution in [-0.4, -0.2) is 30.1 Å². The molecule has 1 aliphatic heterocycles. The van der Waals surface area contributed by atoms with E-state index in [4.69, 9.17) is 0 Å². The Labute approximate surface area is 117 Å². The minimum atomic E-state index is 0.635. The van der Waals surface area contributed by atoms with Crippen LogP contribution in [0.5, 0.6) is 0 Å². The van der Waals surface area contributed by atoms with Gasteiger partial charge in [0, 0.05) is 30.9 Å². The molecule has 2 heteroatoms. The second-order valence-electron chi connectivity index (χ2n) is 6.37. The van der Waals surface area contributed by atoms with Crippen LogP contribution < -0.4 is 5.32 Å². The molecular formula is C17H26N2. The van der Waals surface area contributed by atoms with Crippen LogP contribution in [0.1, 0.15) is 44.2 Å². The third-order valence-corrected chi connectivity index (χ3v) is 4.71. The predicted molar refractivity (Wildman–Crippen MR) is 81.8 cm³/mol. The maximum atomic E-state index is 3.81. The smallest absolute Gasteiger partial charge is 0.0400 e. The van der Waals surface area contributed by atoms with Crippen LogP contribution in [0.25, 0.3) is 0 Å². The van der Waals surface area contributed by atoms with Gasteiger partial charge in [0.05, 0.1) is 0 Å². The largest absolute Gasteiger partial charge is 0.381 e. The van der Waals surface area contributed by atoms with Gasteiger partial charge in [-0.05, 0) is 63.1 Å². The number of likely N-dealkylation sites (tertiary alicyclic amines) is 1. The van der Waals surface area contributed by atoms with Gasteiger partial charge >= 0.3 is 0 Å². The highest BCUT2D eigenvalue weighted by Gasteiger charge is 2.25. The Bertz CT molecular complexity index is 439. The fourth-order valence-corrected chi connectivity index (χ4v) is 3.51. The molecule has 0 saturated carbocycles. The molecule has 19 heavy (non-hydrogen) atoms. The van der Waals surface area contributed by atoms with Crippen molar-refractivity contribution in [1.29, 1.82) is 0 Å². The van der Waals surface area contributed by atoms with Gasteiger partial charge < -0.3 is 5.32 Å². The minimum absolute atomic E-state index is 0.635. The number of nitrogens with zero attached hydrogens (tertiary/aromatic N) is 1. The van der Waals surface area contributed by atoms with Crippen molar-refractivity contribution in [2.45, 2.75) is 58.0 Å². The van der Waals surface area contributed by atoms with E-state index in [1.165, 1.54) is 50.9 Å². The van der Waals surface area contributed by atoms with Gasteiger partial charge in [-0.3, -0.25) is 4.90 Å². The average molecular weight is 258 g/mol. The zero-order valence-electron chi connectivity index (χ0n) is 12.3. The molecule has 0 spiro atoms. The van der Waals surface area contributed by atoms with Crippen LogP contribution in [0.15, 0.2) is 18.2 Å². The quantitative estimate of drug-likeness (QED) is 0.893. The number of anilines is 1. The van der Waals surface area contributed by atoms with E-state index in [2.05, 4.69) is 42.3 Å². The van der Waals surface area contributed by atoms with Crippen molar-refractivity contribution in [2.75, 3.05) is 18.4 Å². The minimum Gasteiger partial charge on any atom is -0.381 e. The van der Waals surface area contributed by atoms with Crippen LogP contribution >= 0.6 is 0 Å². The third-order valence-electron chi connectivity index (χ3n) is 4.71. The average Bonchev–Trinajstić information content (AvgIpc) is 2.88. The van der Waals surface area contributed by atoms with Gasteiger partial charge in [-0.2, -0.15) is 0 Å². The highest BCUT2D eigenvalue weighted by molar-refractivity contribution is 5.56. The molecule has 1 saturated heterocycles. The van der Waals surface area contributed by atoms with Crippen molar-refractivity contribution < 1.29 is 0 Å². The van der Waals surface area contributed by atoms with Crippen LogP contribution in [-0.2, 0) is 12.8 Å². The number of aryl methyl sites for hydroxylation is 1. The van der Waals surface area contributed by atoms with Gasteiger partial charge in [-0.25, -0.2) is 0 Å². The Morgan fingerprint density at radius 1 is 1.21 bits per heavy atom. The fourth-order valence-electron chi connectivity index (χ4n) is 3.51. The molecule has 1 atom stereocenters. The van der Waals surface area contributed by atoms with Crippen molar-refractivity contribution in [2.24, 2.45) is 0 Å². The Hall–Kier alpha value is -1.02. The fraction of sp³-hybridized carbons (Fsp3) is 0.647. The lowest BCUT2D eigenvalue weighted by Crippen LogP contribution is -2.31. The van der Waals surface area contributed by atoms with Crippen molar-refractivity contribution in [3.8, 4) is 0 Å². The second kappa shape index (κ2) is 5.54. The molecule has 0 aromatic heterocycles. The molecule has 1 fully saturated rings. The first kappa shape index (κ1) is 13.0. The predicted octanol–water partition coefficient (Wildman–Crippen LogP) is 3.46. The van der Waals surface area contributed by atoms with Gasteiger partial charge in [0.15, 0.2) is 0 Å². The van der Waals surface area contributed by atoms with Crippen LogP contribution in [0.2, 0.25) is 0 Å². The topological polar surface area (TPSA) is 15.3 Å². The first-order valence-electron chi connectivity index (χ1n) is 7.85. The number of rotatable bonds is 3. The van der Waals surface area contributed by atoms with Crippen LogP contribution in [0.3, 0.4) is 0 Å². The number of fused-ring (bicyclic) bond motifs is 1. The molecule has 2 nitrogen and oxygen atoms in total. The van der Waals surface area contributed by atoms with Gasteiger partial charge in [0.1, 0.15) is 0 Å². The number of nitrogens with one attached hydrogen (secondary N) is 1. The monoisotopic (exact) mass is 258 g/mol. The molecule has 1 N–H and O–H groups in total. The lowest BCUT2D eigenvalue weighted by Gasteiger charge is -2.24. The van der Waals surface area contributed by atoms with Crippen molar-refractivity contribution >= 4 is 5.69 Å². The molecule has 1 unspecified atom stereocenters. The molecule has 1 aromatic rings. The maximum absolute atomic E-state index is 3.81. The summed E-state index contributed by atoms with van der Waals surface area (Å²) in [5, 5.41) is 3.81. The van der Waals surface area contributed by atoms with E-state index in [1.807, 2.05) is 0 Å². The standard InChI is InChI=1S/C17H26N2/c1-13(2)19-11-10-15(12-19)18-17-9-5-7-14-6-3-4-8-16(14)17/h5,7,9,13,15,18H,3-4,6,8,10-12H2,1-2H3. The number of hydrogen-bond donors (Lipinski definition) is 1. The summed E-state index contributed by atoms with van der Waals surface area (Å²) in [7, 11) is 0. The summed E-state index contributed by atoms with van der Waals surface area (Å²) in [5.74, 6) is 0. The highest BCUT2D eigenvalue weighted by atomic mass is 15.2. The summed E-state index contributed by atoms with van der Waals surface area (Å²) in [6.07, 6.45) is 6.53. The van der Waals surface area contributed by atoms with Gasteiger partial charge in [0.2, 0.25) is 0 Å². The van der Waals surface area contributed by atoms with E-state index in [9.17, 15) is 0 Å².